The lowest BCUT2D eigenvalue weighted by atomic mass is 9.98. The summed E-state index contributed by atoms with van der Waals surface area (Å²) in [5.74, 6) is 1.50. The number of aryl methyl sites for hydroxylation is 2. The van der Waals surface area contributed by atoms with Crippen LogP contribution in [0.25, 0.3) is 0 Å². The van der Waals surface area contributed by atoms with Gasteiger partial charge < -0.3 is 16.0 Å². The minimum atomic E-state index is -0.106. The number of benzene rings is 2. The summed E-state index contributed by atoms with van der Waals surface area (Å²) in [7, 11) is 0. The van der Waals surface area contributed by atoms with Crippen LogP contribution in [0, 0.1) is 13.8 Å². The number of hydrogen-bond donors (Lipinski definition) is 3. The van der Waals surface area contributed by atoms with Crippen molar-refractivity contribution in [2.75, 3.05) is 16.0 Å². The summed E-state index contributed by atoms with van der Waals surface area (Å²) in [6, 6.07) is 15.7. The first kappa shape index (κ1) is 20.3. The van der Waals surface area contributed by atoms with Gasteiger partial charge in [-0.2, -0.15) is 4.98 Å². The largest absolute Gasteiger partial charge is 0.340 e. The van der Waals surface area contributed by atoms with Crippen LogP contribution >= 0.6 is 0 Å². The first-order chi connectivity index (χ1) is 13.8. The molecule has 1 amide bonds. The fourth-order valence-electron chi connectivity index (χ4n) is 3.17. The fourth-order valence-corrected chi connectivity index (χ4v) is 3.17. The van der Waals surface area contributed by atoms with Crippen molar-refractivity contribution in [1.29, 1.82) is 0 Å². The molecule has 0 radical (unpaired) electrons. The maximum atomic E-state index is 11.3. The SMILES string of the molecule is CC(=O)Nc1cccc(Nc2cc(C)nc(Nc3c(C)cccc3C(C)C)n2)c1. The average molecular weight is 390 g/mol. The van der Waals surface area contributed by atoms with Crippen molar-refractivity contribution in [3.05, 3.63) is 65.4 Å². The lowest BCUT2D eigenvalue weighted by Crippen LogP contribution is -2.07. The molecule has 29 heavy (non-hydrogen) atoms. The van der Waals surface area contributed by atoms with Crippen LogP contribution < -0.4 is 16.0 Å². The zero-order valence-electron chi connectivity index (χ0n) is 17.5. The third-order valence-electron chi connectivity index (χ3n) is 4.47. The van der Waals surface area contributed by atoms with Crippen LogP contribution in [-0.4, -0.2) is 15.9 Å². The highest BCUT2D eigenvalue weighted by molar-refractivity contribution is 5.89. The minimum Gasteiger partial charge on any atom is -0.340 e. The summed E-state index contributed by atoms with van der Waals surface area (Å²) in [5.41, 5.74) is 5.84. The van der Waals surface area contributed by atoms with E-state index in [-0.39, 0.29) is 5.91 Å². The zero-order valence-corrected chi connectivity index (χ0v) is 17.5. The molecule has 3 rings (SSSR count). The first-order valence-corrected chi connectivity index (χ1v) is 9.68. The predicted octanol–water partition coefficient (Wildman–Crippen LogP) is 5.66. The van der Waals surface area contributed by atoms with E-state index < -0.39 is 0 Å². The number of aromatic nitrogens is 2. The smallest absolute Gasteiger partial charge is 0.229 e. The van der Waals surface area contributed by atoms with Gasteiger partial charge >= 0.3 is 0 Å². The second kappa shape index (κ2) is 8.73. The molecule has 3 N–H and O–H groups in total. The van der Waals surface area contributed by atoms with Crippen LogP contribution in [-0.2, 0) is 4.79 Å². The van der Waals surface area contributed by atoms with Crippen molar-refractivity contribution in [2.45, 2.75) is 40.5 Å². The Morgan fingerprint density at radius 3 is 2.38 bits per heavy atom. The Morgan fingerprint density at radius 2 is 1.66 bits per heavy atom. The second-order valence-electron chi connectivity index (χ2n) is 7.42. The topological polar surface area (TPSA) is 78.9 Å². The number of para-hydroxylation sites is 1. The lowest BCUT2D eigenvalue weighted by molar-refractivity contribution is -0.114. The lowest BCUT2D eigenvalue weighted by Gasteiger charge is -2.17. The van der Waals surface area contributed by atoms with Crippen molar-refractivity contribution in [3.8, 4) is 0 Å². The molecular formula is C23H27N5O. The van der Waals surface area contributed by atoms with Crippen molar-refractivity contribution in [2.24, 2.45) is 0 Å². The Kier molecular flexibility index (Phi) is 6.12. The normalized spacial score (nSPS) is 10.7. The molecule has 6 nitrogen and oxygen atoms in total. The van der Waals surface area contributed by atoms with Crippen molar-refractivity contribution < 1.29 is 4.79 Å². The van der Waals surface area contributed by atoms with E-state index in [1.54, 1.807) is 0 Å². The number of carbonyl (C=O) groups excluding carboxylic acids is 1. The molecule has 3 aromatic rings. The maximum absolute atomic E-state index is 11.3. The zero-order chi connectivity index (χ0) is 21.0. The third-order valence-corrected chi connectivity index (χ3v) is 4.47. The predicted molar refractivity (Wildman–Crippen MR) is 119 cm³/mol. The van der Waals surface area contributed by atoms with Gasteiger partial charge in [0.2, 0.25) is 11.9 Å². The van der Waals surface area contributed by atoms with Gasteiger partial charge in [0.25, 0.3) is 0 Å². The summed E-state index contributed by atoms with van der Waals surface area (Å²) >= 11 is 0. The molecule has 0 fully saturated rings. The Balaban J connectivity index is 1.87. The molecule has 150 valence electrons. The maximum Gasteiger partial charge on any atom is 0.229 e. The molecule has 0 saturated carbocycles. The molecule has 6 heteroatoms. The number of anilines is 5. The van der Waals surface area contributed by atoms with Gasteiger partial charge in [0.05, 0.1) is 0 Å². The molecule has 0 bridgehead atoms. The van der Waals surface area contributed by atoms with Gasteiger partial charge in [0.15, 0.2) is 0 Å². The van der Waals surface area contributed by atoms with E-state index in [1.165, 1.54) is 12.5 Å². The Bertz CT molecular complexity index is 1030. The molecule has 0 unspecified atom stereocenters. The number of amides is 1. The number of hydrogen-bond acceptors (Lipinski definition) is 5. The van der Waals surface area contributed by atoms with Gasteiger partial charge in [-0.15, -0.1) is 0 Å². The van der Waals surface area contributed by atoms with Crippen LogP contribution in [0.1, 0.15) is 43.5 Å². The second-order valence-corrected chi connectivity index (χ2v) is 7.42. The van der Waals surface area contributed by atoms with Gasteiger partial charge in [-0.05, 0) is 49.1 Å². The van der Waals surface area contributed by atoms with Gasteiger partial charge in [-0.1, -0.05) is 38.1 Å². The van der Waals surface area contributed by atoms with E-state index in [0.717, 1.165) is 28.3 Å². The van der Waals surface area contributed by atoms with Gasteiger partial charge in [-0.25, -0.2) is 4.98 Å². The van der Waals surface area contributed by atoms with E-state index in [9.17, 15) is 4.79 Å². The molecule has 1 heterocycles. The van der Waals surface area contributed by atoms with Gasteiger partial charge in [0, 0.05) is 35.7 Å². The standard InChI is InChI=1S/C23H27N5O/c1-14(2)20-11-6-8-15(3)22(20)28-23-24-16(4)12-21(27-23)26-19-10-7-9-18(13-19)25-17(5)29/h6-14H,1-5H3,(H,25,29)(H2,24,26,27,28). The van der Waals surface area contributed by atoms with Gasteiger partial charge in [-0.3, -0.25) is 4.79 Å². The Hall–Kier alpha value is -3.41. The summed E-state index contributed by atoms with van der Waals surface area (Å²) < 4.78 is 0. The molecule has 2 aromatic carbocycles. The molecule has 0 aliphatic carbocycles. The Morgan fingerprint density at radius 1 is 0.931 bits per heavy atom. The quantitative estimate of drug-likeness (QED) is 0.507. The van der Waals surface area contributed by atoms with Crippen LogP contribution in [0.2, 0.25) is 0 Å². The number of nitrogens with one attached hydrogen (secondary N) is 3. The molecule has 1 aromatic heterocycles. The summed E-state index contributed by atoms with van der Waals surface area (Å²) in [5, 5.41) is 9.49. The third kappa shape index (κ3) is 5.31. The molecule has 0 saturated heterocycles. The number of nitrogens with zero attached hydrogens (tertiary/aromatic N) is 2. The minimum absolute atomic E-state index is 0.106. The van der Waals surface area contributed by atoms with Crippen molar-refractivity contribution in [1.82, 2.24) is 9.97 Å². The molecule has 0 aliphatic rings. The van der Waals surface area contributed by atoms with Crippen LogP contribution in [0.4, 0.5) is 28.8 Å². The first-order valence-electron chi connectivity index (χ1n) is 9.68. The summed E-state index contributed by atoms with van der Waals surface area (Å²) in [6.07, 6.45) is 0. The van der Waals surface area contributed by atoms with E-state index in [1.807, 2.05) is 37.3 Å². The molecule has 0 atom stereocenters. The van der Waals surface area contributed by atoms with E-state index >= 15 is 0 Å². The monoisotopic (exact) mass is 389 g/mol. The molecule has 0 spiro atoms. The van der Waals surface area contributed by atoms with Crippen LogP contribution in [0.3, 0.4) is 0 Å². The fraction of sp³-hybridized carbons (Fsp3) is 0.261. The van der Waals surface area contributed by atoms with Crippen LogP contribution in [0.15, 0.2) is 48.5 Å². The summed E-state index contributed by atoms with van der Waals surface area (Å²) in [4.78, 5) is 20.5. The van der Waals surface area contributed by atoms with Gasteiger partial charge in [0.1, 0.15) is 5.82 Å². The number of rotatable bonds is 6. The van der Waals surface area contributed by atoms with Crippen molar-refractivity contribution >= 4 is 34.7 Å². The highest BCUT2D eigenvalue weighted by Gasteiger charge is 2.11. The van der Waals surface area contributed by atoms with E-state index in [0.29, 0.717) is 17.7 Å². The van der Waals surface area contributed by atoms with E-state index in [4.69, 9.17) is 0 Å². The highest BCUT2D eigenvalue weighted by atomic mass is 16.1. The molecule has 0 aliphatic heterocycles. The van der Waals surface area contributed by atoms with Crippen LogP contribution in [0.5, 0.6) is 0 Å². The average Bonchev–Trinajstić information content (AvgIpc) is 2.62. The van der Waals surface area contributed by atoms with Crippen molar-refractivity contribution in [3.63, 3.8) is 0 Å². The summed E-state index contributed by atoms with van der Waals surface area (Å²) in [6.45, 7) is 9.85. The number of carbonyl (C=O) groups is 1. The Labute approximate surface area is 171 Å². The molecular weight excluding hydrogens is 362 g/mol. The van der Waals surface area contributed by atoms with E-state index in [2.05, 4.69) is 64.9 Å². The highest BCUT2D eigenvalue weighted by Crippen LogP contribution is 2.30.